The van der Waals surface area contributed by atoms with Gasteiger partial charge in [0.25, 0.3) is 0 Å². The number of carbonyl (C=O) groups excluding carboxylic acids is 1. The van der Waals surface area contributed by atoms with Crippen molar-refractivity contribution in [2.75, 3.05) is 19.7 Å². The first-order chi connectivity index (χ1) is 11.7. The number of hydrogen-bond acceptors (Lipinski definition) is 4. The Bertz CT molecular complexity index is 527. The van der Waals surface area contributed by atoms with Crippen LogP contribution in [0.15, 0.2) is 30.3 Å². The molecule has 1 aromatic rings. The summed E-state index contributed by atoms with van der Waals surface area (Å²) in [6, 6.07) is 9.36. The molecular formula is C20H30ClNO3. The monoisotopic (exact) mass is 367 g/mol. The molecule has 1 unspecified atom stereocenters. The first-order valence-corrected chi connectivity index (χ1v) is 9.37. The minimum atomic E-state index is -1.51. The van der Waals surface area contributed by atoms with E-state index in [1.807, 2.05) is 30.3 Å². The summed E-state index contributed by atoms with van der Waals surface area (Å²) in [6.45, 7) is 2.38. The van der Waals surface area contributed by atoms with Crippen LogP contribution in [0.2, 0.25) is 0 Å². The summed E-state index contributed by atoms with van der Waals surface area (Å²) in [5.74, 6) is -0.102. The molecule has 0 bridgehead atoms. The second kappa shape index (κ2) is 9.56. The lowest BCUT2D eigenvalue weighted by Crippen LogP contribution is -2.45. The van der Waals surface area contributed by atoms with Gasteiger partial charge in [0.05, 0.1) is 6.61 Å². The Morgan fingerprint density at radius 2 is 1.72 bits per heavy atom. The fourth-order valence-corrected chi connectivity index (χ4v) is 4.08. The van der Waals surface area contributed by atoms with Gasteiger partial charge in [-0.1, -0.05) is 49.6 Å². The van der Waals surface area contributed by atoms with Crippen molar-refractivity contribution in [2.24, 2.45) is 11.8 Å². The van der Waals surface area contributed by atoms with E-state index in [4.69, 9.17) is 4.74 Å². The van der Waals surface area contributed by atoms with Crippen LogP contribution in [0.25, 0.3) is 0 Å². The molecule has 140 valence electrons. The molecule has 0 spiro atoms. The molecule has 1 aliphatic heterocycles. The second-order valence-corrected chi connectivity index (χ2v) is 7.26. The average molecular weight is 368 g/mol. The minimum Gasteiger partial charge on any atom is -0.463 e. The Morgan fingerprint density at radius 1 is 1.08 bits per heavy atom. The Kier molecular flexibility index (Phi) is 7.73. The second-order valence-electron chi connectivity index (χ2n) is 7.26. The van der Waals surface area contributed by atoms with Crippen LogP contribution in [0.4, 0.5) is 0 Å². The molecule has 2 aliphatic rings. The SMILES string of the molecule is Cl.O=C(OCC1CCNCC1)C(O)(c1ccccc1)C1CCCCC1. The minimum absolute atomic E-state index is 0. The molecule has 0 aromatic heterocycles. The highest BCUT2D eigenvalue weighted by Gasteiger charge is 2.47. The van der Waals surface area contributed by atoms with Gasteiger partial charge in [0, 0.05) is 5.92 Å². The summed E-state index contributed by atoms with van der Waals surface area (Å²) < 4.78 is 5.64. The standard InChI is InChI=1S/C20H29NO3.ClH/c22-19(24-15-16-11-13-21-14-12-16)20(23,17-7-3-1-4-8-17)18-9-5-2-6-10-18;/h1,3-4,7-8,16,18,21,23H,2,5-6,9-15H2;1H. The quantitative estimate of drug-likeness (QED) is 0.783. The number of carbonyl (C=O) groups is 1. The molecule has 0 amide bonds. The van der Waals surface area contributed by atoms with Crippen molar-refractivity contribution in [3.63, 3.8) is 0 Å². The number of nitrogens with one attached hydrogen (secondary N) is 1. The summed E-state index contributed by atoms with van der Waals surface area (Å²) in [4.78, 5) is 12.9. The molecule has 1 aliphatic carbocycles. The lowest BCUT2D eigenvalue weighted by atomic mass is 9.73. The third-order valence-corrected chi connectivity index (χ3v) is 5.63. The van der Waals surface area contributed by atoms with E-state index < -0.39 is 11.6 Å². The van der Waals surface area contributed by atoms with Crippen molar-refractivity contribution in [3.05, 3.63) is 35.9 Å². The summed E-state index contributed by atoms with van der Waals surface area (Å²) >= 11 is 0. The molecule has 3 rings (SSSR count). The molecule has 4 nitrogen and oxygen atoms in total. The van der Waals surface area contributed by atoms with E-state index in [0.29, 0.717) is 18.1 Å². The van der Waals surface area contributed by atoms with Crippen LogP contribution in [-0.4, -0.2) is 30.8 Å². The number of hydrogen-bond donors (Lipinski definition) is 2. The van der Waals surface area contributed by atoms with E-state index in [2.05, 4.69) is 5.32 Å². The number of piperidine rings is 1. The zero-order valence-electron chi connectivity index (χ0n) is 14.8. The first kappa shape index (κ1) is 20.2. The Morgan fingerprint density at radius 3 is 2.36 bits per heavy atom. The molecule has 2 fully saturated rings. The number of ether oxygens (including phenoxy) is 1. The van der Waals surface area contributed by atoms with Crippen molar-refractivity contribution >= 4 is 18.4 Å². The van der Waals surface area contributed by atoms with Gasteiger partial charge in [0.15, 0.2) is 5.60 Å². The maximum absolute atomic E-state index is 12.9. The summed E-state index contributed by atoms with van der Waals surface area (Å²) in [5.41, 5.74) is -0.832. The van der Waals surface area contributed by atoms with Gasteiger partial charge in [-0.25, -0.2) is 4.79 Å². The van der Waals surface area contributed by atoms with Crippen LogP contribution < -0.4 is 5.32 Å². The Labute approximate surface area is 156 Å². The van der Waals surface area contributed by atoms with E-state index >= 15 is 0 Å². The summed E-state index contributed by atoms with van der Waals surface area (Å²) in [5, 5.41) is 14.7. The van der Waals surface area contributed by atoms with Crippen LogP contribution in [0, 0.1) is 11.8 Å². The van der Waals surface area contributed by atoms with E-state index in [-0.39, 0.29) is 18.3 Å². The third kappa shape index (κ3) is 4.75. The van der Waals surface area contributed by atoms with Crippen molar-refractivity contribution < 1.29 is 14.6 Å². The van der Waals surface area contributed by atoms with E-state index in [0.717, 1.165) is 51.6 Å². The van der Waals surface area contributed by atoms with Crippen LogP contribution in [0.1, 0.15) is 50.5 Å². The smallest absolute Gasteiger partial charge is 0.343 e. The summed E-state index contributed by atoms with van der Waals surface area (Å²) in [6.07, 6.45) is 7.15. The summed E-state index contributed by atoms with van der Waals surface area (Å²) in [7, 11) is 0. The predicted molar refractivity (Wildman–Crippen MR) is 101 cm³/mol. The van der Waals surface area contributed by atoms with Crippen LogP contribution in [0.3, 0.4) is 0 Å². The molecule has 25 heavy (non-hydrogen) atoms. The van der Waals surface area contributed by atoms with Gasteiger partial charge >= 0.3 is 5.97 Å². The van der Waals surface area contributed by atoms with E-state index in [1.54, 1.807) is 0 Å². The highest BCUT2D eigenvalue weighted by atomic mass is 35.5. The molecule has 2 N–H and O–H groups in total. The fourth-order valence-electron chi connectivity index (χ4n) is 4.08. The van der Waals surface area contributed by atoms with Gasteiger partial charge in [-0.15, -0.1) is 12.4 Å². The zero-order valence-corrected chi connectivity index (χ0v) is 15.6. The van der Waals surface area contributed by atoms with Crippen molar-refractivity contribution in [1.82, 2.24) is 5.32 Å². The lowest BCUT2D eigenvalue weighted by Gasteiger charge is -2.37. The molecule has 1 aromatic carbocycles. The number of benzene rings is 1. The highest BCUT2D eigenvalue weighted by Crippen LogP contribution is 2.40. The van der Waals surface area contributed by atoms with Crippen LogP contribution in [0.5, 0.6) is 0 Å². The van der Waals surface area contributed by atoms with Crippen molar-refractivity contribution in [3.8, 4) is 0 Å². The topological polar surface area (TPSA) is 58.6 Å². The largest absolute Gasteiger partial charge is 0.463 e. The molecule has 5 heteroatoms. The molecular weight excluding hydrogens is 338 g/mol. The van der Waals surface area contributed by atoms with Crippen LogP contribution in [-0.2, 0) is 15.1 Å². The van der Waals surface area contributed by atoms with Gasteiger partial charge < -0.3 is 15.2 Å². The molecule has 1 heterocycles. The number of esters is 1. The first-order valence-electron chi connectivity index (χ1n) is 9.37. The normalized spacial score (nSPS) is 21.8. The van der Waals surface area contributed by atoms with Gasteiger partial charge in [-0.2, -0.15) is 0 Å². The maximum atomic E-state index is 12.9. The predicted octanol–water partition coefficient (Wildman–Crippen LogP) is 3.42. The molecule has 1 saturated carbocycles. The molecule has 1 atom stereocenters. The van der Waals surface area contributed by atoms with Crippen molar-refractivity contribution in [2.45, 2.75) is 50.5 Å². The van der Waals surface area contributed by atoms with Crippen LogP contribution >= 0.6 is 12.4 Å². The van der Waals surface area contributed by atoms with Gasteiger partial charge in [0.1, 0.15) is 0 Å². The van der Waals surface area contributed by atoms with Gasteiger partial charge in [0.2, 0.25) is 0 Å². The maximum Gasteiger partial charge on any atom is 0.343 e. The fraction of sp³-hybridized carbons (Fsp3) is 0.650. The van der Waals surface area contributed by atoms with Gasteiger partial charge in [-0.05, 0) is 50.3 Å². The number of halogens is 1. The average Bonchev–Trinajstić information content (AvgIpc) is 2.67. The Balaban J connectivity index is 0.00000225. The van der Waals surface area contributed by atoms with Crippen molar-refractivity contribution in [1.29, 1.82) is 0 Å². The zero-order chi connectivity index (χ0) is 16.8. The Hall–Kier alpha value is -1.10. The number of rotatable bonds is 5. The van der Waals surface area contributed by atoms with E-state index in [9.17, 15) is 9.90 Å². The highest BCUT2D eigenvalue weighted by molar-refractivity contribution is 5.85. The number of aliphatic hydroxyl groups is 1. The van der Waals surface area contributed by atoms with Gasteiger partial charge in [-0.3, -0.25) is 0 Å². The van der Waals surface area contributed by atoms with E-state index in [1.165, 1.54) is 6.42 Å². The molecule has 1 saturated heterocycles. The molecule has 0 radical (unpaired) electrons. The third-order valence-electron chi connectivity index (χ3n) is 5.63. The lowest BCUT2D eigenvalue weighted by molar-refractivity contribution is -0.177.